The molecular weight excluding hydrogens is 300 g/mol. The van der Waals surface area contributed by atoms with Crippen LogP contribution >= 0.6 is 11.0 Å². The number of anilines is 1. The van der Waals surface area contributed by atoms with Gasteiger partial charge < -0.3 is 0 Å². The lowest BCUT2D eigenvalue weighted by molar-refractivity contribution is 0.408. The van der Waals surface area contributed by atoms with E-state index in [2.05, 4.69) is 22.7 Å². The fourth-order valence-corrected chi connectivity index (χ4v) is 4.09. The first-order valence-electron chi connectivity index (χ1n) is 7.14. The Hall–Kier alpha value is -1.85. The van der Waals surface area contributed by atoms with E-state index in [1.54, 1.807) is 22.6 Å². The van der Waals surface area contributed by atoms with E-state index in [-0.39, 0.29) is 0 Å². The minimum absolute atomic E-state index is 0.364. The number of pyridine rings is 1. The molecule has 0 radical (unpaired) electrons. The molecule has 1 fully saturated rings. The molecule has 0 spiro atoms. The first kappa shape index (κ1) is 15.1. The van der Waals surface area contributed by atoms with Crippen molar-refractivity contribution in [3.8, 4) is 6.07 Å². The van der Waals surface area contributed by atoms with Crippen LogP contribution in [0.5, 0.6) is 0 Å². The van der Waals surface area contributed by atoms with Gasteiger partial charge in [0.1, 0.15) is 11.8 Å². The number of nitrogens with zero attached hydrogens (tertiary/aromatic N) is 3. The summed E-state index contributed by atoms with van der Waals surface area (Å²) in [5, 5.41) is 10.7. The first-order valence-corrected chi connectivity index (χ1v) is 8.65. The molecule has 6 nitrogen and oxygen atoms in total. The fraction of sp³-hybridized carbons (Fsp3) is 0.333. The highest BCUT2D eigenvalue weighted by Crippen LogP contribution is 2.46. The van der Waals surface area contributed by atoms with Crippen LogP contribution in [0.15, 0.2) is 30.5 Å². The van der Waals surface area contributed by atoms with Crippen molar-refractivity contribution in [2.24, 2.45) is 5.92 Å². The summed E-state index contributed by atoms with van der Waals surface area (Å²) in [7, 11) is -3.00. The lowest BCUT2D eigenvalue weighted by Crippen LogP contribution is -2.47. The van der Waals surface area contributed by atoms with Crippen molar-refractivity contribution in [1.82, 2.24) is 9.71 Å². The van der Waals surface area contributed by atoms with Gasteiger partial charge in [-0.15, -0.1) is 0 Å². The predicted octanol–water partition coefficient (Wildman–Crippen LogP) is 3.12. The quantitative estimate of drug-likeness (QED) is 0.788. The molecule has 22 heavy (non-hydrogen) atoms. The van der Waals surface area contributed by atoms with E-state index < -0.39 is 11.0 Å². The van der Waals surface area contributed by atoms with E-state index in [4.69, 9.17) is 5.26 Å². The Balaban J connectivity index is 2.03. The van der Waals surface area contributed by atoms with Crippen LogP contribution in [-0.2, 0) is 0 Å². The second-order valence-corrected chi connectivity index (χ2v) is 7.15. The van der Waals surface area contributed by atoms with Gasteiger partial charge >= 0.3 is 0 Å². The van der Waals surface area contributed by atoms with Gasteiger partial charge in [-0.25, -0.2) is 9.71 Å². The summed E-state index contributed by atoms with van der Waals surface area (Å²) in [5.74, 6) is 0.364. The summed E-state index contributed by atoms with van der Waals surface area (Å²) in [6.45, 7) is 3.28. The molecule has 2 heterocycles. The molecule has 1 aliphatic rings. The Morgan fingerprint density at radius 3 is 3.00 bits per heavy atom. The van der Waals surface area contributed by atoms with Crippen LogP contribution in [0.25, 0.3) is 10.8 Å². The molecular formula is C15H18N4O2S. The molecule has 1 saturated heterocycles. The largest absolute Gasteiger partial charge is 0.269 e. The van der Waals surface area contributed by atoms with Crippen LogP contribution in [0, 0.1) is 17.2 Å². The molecule has 0 saturated carbocycles. The maximum Gasteiger partial charge on any atom is 0.148 e. The number of fused-ring (bicyclic) bond motifs is 1. The molecule has 2 aromatic rings. The number of nitrogens with one attached hydrogen (secondary N) is 1. The Morgan fingerprint density at radius 2 is 2.27 bits per heavy atom. The molecule has 7 heteroatoms. The van der Waals surface area contributed by atoms with Crippen LogP contribution in [-0.4, -0.2) is 27.2 Å². The molecule has 3 N–H and O–H groups in total. The van der Waals surface area contributed by atoms with Crippen molar-refractivity contribution in [2.75, 3.05) is 17.4 Å². The highest BCUT2D eigenvalue weighted by Gasteiger charge is 2.31. The highest BCUT2D eigenvalue weighted by atomic mass is 32.3. The molecule has 1 aromatic heterocycles. The van der Waals surface area contributed by atoms with Gasteiger partial charge in [-0.2, -0.15) is 5.26 Å². The van der Waals surface area contributed by atoms with E-state index >= 15 is 0 Å². The van der Waals surface area contributed by atoms with Gasteiger partial charge in [-0.3, -0.25) is 13.4 Å². The van der Waals surface area contributed by atoms with Gasteiger partial charge in [0.25, 0.3) is 0 Å². The van der Waals surface area contributed by atoms with Crippen LogP contribution < -0.4 is 9.03 Å². The summed E-state index contributed by atoms with van der Waals surface area (Å²) in [6, 6.07) is 9.37. The number of rotatable bonds is 2. The molecule has 1 aliphatic heterocycles. The van der Waals surface area contributed by atoms with E-state index in [9.17, 15) is 9.11 Å². The van der Waals surface area contributed by atoms with Crippen LogP contribution in [0.1, 0.15) is 19.0 Å². The predicted molar refractivity (Wildman–Crippen MR) is 88.4 cm³/mol. The third-order valence-corrected chi connectivity index (χ3v) is 5.54. The van der Waals surface area contributed by atoms with Gasteiger partial charge in [0.05, 0.1) is 5.69 Å². The second kappa shape index (κ2) is 5.74. The van der Waals surface area contributed by atoms with Crippen molar-refractivity contribution in [3.63, 3.8) is 0 Å². The Kier molecular flexibility index (Phi) is 3.93. The van der Waals surface area contributed by atoms with Crippen molar-refractivity contribution >= 4 is 27.4 Å². The number of aromatic nitrogens is 1. The summed E-state index contributed by atoms with van der Waals surface area (Å²) in [4.78, 5) is 4.04. The minimum atomic E-state index is -3.00. The lowest BCUT2D eigenvalue weighted by Gasteiger charge is -2.49. The summed E-state index contributed by atoms with van der Waals surface area (Å²) in [6.07, 6.45) is 2.56. The van der Waals surface area contributed by atoms with E-state index in [1.807, 2.05) is 12.1 Å². The van der Waals surface area contributed by atoms with Crippen LogP contribution in [0.2, 0.25) is 0 Å². The second-order valence-electron chi connectivity index (χ2n) is 5.38. The average Bonchev–Trinajstić information content (AvgIpc) is 2.53. The standard InChI is InChI=1S/C15H18N4O2S/c1-2-11-9-18-22(20,21)19(10-11)13-3-4-14-12(7-13)5-6-17-15(14)8-16/h3-7,11,18,20-21H,2,9-10H2,1H3/t11-/m0/s1. The van der Waals surface area contributed by atoms with E-state index in [0.717, 1.165) is 22.9 Å². The molecule has 0 aliphatic carbocycles. The van der Waals surface area contributed by atoms with Crippen molar-refractivity contribution in [3.05, 3.63) is 36.2 Å². The van der Waals surface area contributed by atoms with Gasteiger partial charge in [-0.05, 0) is 35.6 Å². The molecule has 0 unspecified atom stereocenters. The minimum Gasteiger partial charge on any atom is -0.269 e. The Bertz CT molecular complexity index is 744. The normalized spacial score (nSPS) is 22.3. The smallest absolute Gasteiger partial charge is 0.148 e. The number of hydrogen-bond acceptors (Lipinski definition) is 6. The maximum absolute atomic E-state index is 10.3. The SMILES string of the molecule is CC[C@H]1CNS(O)(O)N(c2ccc3c(C#N)nccc3c2)C1. The van der Waals surface area contributed by atoms with Gasteiger partial charge in [0.15, 0.2) is 0 Å². The third-order valence-electron chi connectivity index (χ3n) is 4.02. The van der Waals surface area contributed by atoms with Gasteiger partial charge in [0.2, 0.25) is 0 Å². The maximum atomic E-state index is 10.3. The zero-order valence-corrected chi connectivity index (χ0v) is 13.0. The third kappa shape index (κ3) is 2.62. The molecule has 1 aromatic carbocycles. The number of hydrogen-bond donors (Lipinski definition) is 3. The monoisotopic (exact) mass is 318 g/mol. The summed E-state index contributed by atoms with van der Waals surface area (Å²) >= 11 is 0. The van der Waals surface area contributed by atoms with E-state index in [1.165, 1.54) is 0 Å². The zero-order chi connectivity index (χ0) is 15.7. The molecule has 1 atom stereocenters. The van der Waals surface area contributed by atoms with Crippen molar-refractivity contribution in [1.29, 1.82) is 5.26 Å². The lowest BCUT2D eigenvalue weighted by atomic mass is 10.1. The topological polar surface area (TPSA) is 92.4 Å². The fourth-order valence-electron chi connectivity index (χ4n) is 2.65. The highest BCUT2D eigenvalue weighted by molar-refractivity contribution is 8.23. The zero-order valence-electron chi connectivity index (χ0n) is 12.2. The number of benzene rings is 1. The molecule has 116 valence electrons. The van der Waals surface area contributed by atoms with E-state index in [0.29, 0.717) is 24.7 Å². The van der Waals surface area contributed by atoms with Gasteiger partial charge in [-0.1, -0.05) is 24.3 Å². The van der Waals surface area contributed by atoms with Crippen molar-refractivity contribution in [2.45, 2.75) is 13.3 Å². The van der Waals surface area contributed by atoms with Crippen LogP contribution in [0.4, 0.5) is 5.69 Å². The number of nitriles is 1. The molecule has 0 amide bonds. The van der Waals surface area contributed by atoms with Crippen LogP contribution in [0.3, 0.4) is 0 Å². The molecule has 3 rings (SSSR count). The van der Waals surface area contributed by atoms with Gasteiger partial charge in [0, 0.05) is 24.7 Å². The van der Waals surface area contributed by atoms with Crippen molar-refractivity contribution < 1.29 is 9.11 Å². The first-order chi connectivity index (χ1) is 10.5. The Morgan fingerprint density at radius 1 is 1.45 bits per heavy atom. The Labute approximate surface area is 131 Å². The summed E-state index contributed by atoms with van der Waals surface area (Å²) < 4.78 is 25.0. The average molecular weight is 318 g/mol. The molecule has 0 bridgehead atoms. The summed E-state index contributed by atoms with van der Waals surface area (Å²) in [5.41, 5.74) is 1.10.